The summed E-state index contributed by atoms with van der Waals surface area (Å²) in [7, 11) is 1.53. The molecule has 0 heterocycles. The van der Waals surface area contributed by atoms with Crippen LogP contribution in [0, 0.1) is 0 Å². The predicted molar refractivity (Wildman–Crippen MR) is 156 cm³/mol. The predicted octanol–water partition coefficient (Wildman–Crippen LogP) is -1.72. The van der Waals surface area contributed by atoms with E-state index in [4.69, 9.17) is 24.1 Å². The van der Waals surface area contributed by atoms with Gasteiger partial charge in [-0.1, -0.05) is 12.8 Å². The molecule has 0 aromatic heterocycles. The lowest BCUT2D eigenvalue weighted by Gasteiger charge is -2.11. The monoisotopic (exact) mass is 627 g/mol. The molecule has 0 saturated heterocycles. The van der Waals surface area contributed by atoms with Crippen molar-refractivity contribution in [2.45, 2.75) is 44.2 Å². The molecule has 0 radical (unpaired) electrons. The van der Waals surface area contributed by atoms with Crippen LogP contribution in [-0.2, 0) is 42.9 Å². The van der Waals surface area contributed by atoms with Crippen molar-refractivity contribution in [1.29, 1.82) is 0 Å². The Morgan fingerprint density at radius 1 is 0.683 bits per heavy atom. The first-order chi connectivity index (χ1) is 19.7. The van der Waals surface area contributed by atoms with Crippen molar-refractivity contribution in [3.05, 3.63) is 0 Å². The van der Waals surface area contributed by atoms with Crippen LogP contribution in [0.1, 0.15) is 32.1 Å². The second kappa shape index (κ2) is 26.9. The van der Waals surface area contributed by atoms with Crippen LogP contribution in [0.4, 0.5) is 0 Å². The fourth-order valence-electron chi connectivity index (χ4n) is 3.10. The first-order valence-corrected chi connectivity index (χ1v) is 14.2. The van der Waals surface area contributed by atoms with Crippen LogP contribution in [0.2, 0.25) is 0 Å². The summed E-state index contributed by atoms with van der Waals surface area (Å²) in [4.78, 5) is 57.2. The minimum Gasteiger partial charge on any atom is -0.480 e. The molecule has 0 spiro atoms. The van der Waals surface area contributed by atoms with E-state index in [1.54, 1.807) is 0 Å². The summed E-state index contributed by atoms with van der Waals surface area (Å²) in [5.74, 6) is -1.80. The third-order valence-corrected chi connectivity index (χ3v) is 5.97. The lowest BCUT2D eigenvalue weighted by Crippen LogP contribution is -2.36. The number of rotatable bonds is 28. The SMILES string of the molecule is CN[C@@H](CCC(=O)NCCOCCOCC(=O)NCCOCCOCC(=O)NCCCCC(NS)C(=O)S)C(=O)O. The number of carboxylic acid groups (broad SMARTS) is 1. The molecule has 0 fully saturated rings. The van der Waals surface area contributed by atoms with E-state index in [1.165, 1.54) is 7.05 Å². The smallest absolute Gasteiger partial charge is 0.320 e. The first kappa shape index (κ1) is 39.0. The van der Waals surface area contributed by atoms with Gasteiger partial charge in [-0.05, 0) is 32.7 Å². The molecule has 0 saturated carbocycles. The average Bonchev–Trinajstić information content (AvgIpc) is 2.93. The molecule has 17 heteroatoms. The van der Waals surface area contributed by atoms with E-state index in [9.17, 15) is 24.0 Å². The number of nitrogens with one attached hydrogen (secondary N) is 5. The van der Waals surface area contributed by atoms with Crippen LogP contribution < -0.4 is 26.0 Å². The van der Waals surface area contributed by atoms with Gasteiger partial charge < -0.3 is 45.3 Å². The van der Waals surface area contributed by atoms with Crippen molar-refractivity contribution in [2.24, 2.45) is 0 Å². The molecular weight excluding hydrogens is 582 g/mol. The van der Waals surface area contributed by atoms with Gasteiger partial charge in [0.15, 0.2) is 0 Å². The summed E-state index contributed by atoms with van der Waals surface area (Å²) >= 11 is 7.64. The number of likely N-dealkylation sites (N-methyl/N-ethyl adjacent to an activating group) is 1. The van der Waals surface area contributed by atoms with Crippen LogP contribution >= 0.6 is 25.4 Å². The van der Waals surface area contributed by atoms with Crippen LogP contribution in [0.15, 0.2) is 0 Å². The molecule has 0 bridgehead atoms. The third kappa shape index (κ3) is 24.3. The number of hydrogen-bond acceptors (Lipinski definition) is 12. The Hall–Kier alpha value is -1.99. The fraction of sp³-hybridized carbons (Fsp3) is 0.792. The molecule has 0 aliphatic rings. The Morgan fingerprint density at radius 3 is 1.68 bits per heavy atom. The third-order valence-electron chi connectivity index (χ3n) is 5.35. The molecule has 0 aromatic carbocycles. The lowest BCUT2D eigenvalue weighted by molar-refractivity contribution is -0.139. The van der Waals surface area contributed by atoms with Gasteiger partial charge in [0.2, 0.25) is 22.8 Å². The number of carbonyl (C=O) groups excluding carboxylic acids is 4. The Bertz CT molecular complexity index is 766. The number of hydrogen-bond donors (Lipinski definition) is 8. The number of thiol groups is 2. The summed E-state index contributed by atoms with van der Waals surface area (Å²) in [5.41, 5.74) is 0. The number of amides is 3. The quantitative estimate of drug-likeness (QED) is 0.0361. The Morgan fingerprint density at radius 2 is 1.20 bits per heavy atom. The normalized spacial score (nSPS) is 12.4. The maximum absolute atomic E-state index is 11.7. The van der Waals surface area contributed by atoms with Gasteiger partial charge in [-0.3, -0.25) is 28.7 Å². The molecule has 15 nitrogen and oxygen atoms in total. The topological polar surface area (TPSA) is 203 Å². The van der Waals surface area contributed by atoms with Gasteiger partial charge >= 0.3 is 5.97 Å². The number of unbranched alkanes of at least 4 members (excludes halogenated alkanes) is 1. The number of aliphatic carboxylic acids is 1. The van der Waals surface area contributed by atoms with Crippen LogP contribution in [-0.4, -0.2) is 126 Å². The molecule has 0 aliphatic carbocycles. The molecule has 6 N–H and O–H groups in total. The molecular formula is C24H45N5O10S2. The standard InChI is InChI=1S/C24H45N5O10S2/c1-25-18(23(33)34)5-6-20(30)27-8-10-36-12-15-39-17-22(32)28-9-11-37-13-14-38-16-21(31)26-7-3-2-4-19(29-41)24(35)40/h18-19,25,29,41H,2-17H2,1H3,(H,26,31)(H,27,30)(H,28,32)(H,33,34)(H,35,40)/t18-,19?/m0/s1. The molecule has 3 amide bonds. The maximum atomic E-state index is 11.7. The average molecular weight is 628 g/mol. The fourth-order valence-corrected chi connectivity index (χ4v) is 3.64. The van der Waals surface area contributed by atoms with E-state index in [1.807, 2.05) is 0 Å². The highest BCUT2D eigenvalue weighted by Gasteiger charge is 2.16. The maximum Gasteiger partial charge on any atom is 0.320 e. The first-order valence-electron chi connectivity index (χ1n) is 13.3. The highest BCUT2D eigenvalue weighted by molar-refractivity contribution is 7.96. The summed E-state index contributed by atoms with van der Waals surface area (Å²) in [6.07, 6.45) is 2.32. The van der Waals surface area contributed by atoms with Crippen LogP contribution in [0.25, 0.3) is 0 Å². The molecule has 0 aliphatic heterocycles. The van der Waals surface area contributed by atoms with Gasteiger partial charge in [-0.15, -0.1) is 12.6 Å². The van der Waals surface area contributed by atoms with Crippen molar-refractivity contribution in [3.8, 4) is 0 Å². The van der Waals surface area contributed by atoms with Crippen molar-refractivity contribution in [2.75, 3.05) is 79.5 Å². The van der Waals surface area contributed by atoms with E-state index in [2.05, 4.69) is 51.4 Å². The molecule has 2 atom stereocenters. The molecule has 1 unspecified atom stereocenters. The highest BCUT2D eigenvalue weighted by Crippen LogP contribution is 2.04. The number of ether oxygens (including phenoxy) is 4. The van der Waals surface area contributed by atoms with Crippen LogP contribution in [0.5, 0.6) is 0 Å². The highest BCUT2D eigenvalue weighted by atomic mass is 32.1. The van der Waals surface area contributed by atoms with Crippen molar-refractivity contribution in [1.82, 2.24) is 26.0 Å². The van der Waals surface area contributed by atoms with Gasteiger partial charge in [0.05, 0.1) is 45.7 Å². The zero-order chi connectivity index (χ0) is 30.7. The van der Waals surface area contributed by atoms with Crippen molar-refractivity contribution in [3.63, 3.8) is 0 Å². The zero-order valence-corrected chi connectivity index (χ0v) is 25.3. The minimum atomic E-state index is -1.00. The Kier molecular flexibility index (Phi) is 25.6. The van der Waals surface area contributed by atoms with E-state index >= 15 is 0 Å². The summed E-state index contributed by atoms with van der Waals surface area (Å²) in [6, 6.07) is -1.17. The second-order valence-electron chi connectivity index (χ2n) is 8.61. The van der Waals surface area contributed by atoms with Gasteiger partial charge in [0.1, 0.15) is 19.3 Å². The van der Waals surface area contributed by atoms with E-state index in [0.717, 1.165) is 6.42 Å². The largest absolute Gasteiger partial charge is 0.480 e. The summed E-state index contributed by atoms with van der Waals surface area (Å²) in [5, 5.41) is 19.3. The lowest BCUT2D eigenvalue weighted by atomic mass is 10.1. The number of carbonyl (C=O) groups is 5. The summed E-state index contributed by atoms with van der Waals surface area (Å²) in [6.45, 7) is 2.33. The Labute approximate surface area is 251 Å². The van der Waals surface area contributed by atoms with Crippen molar-refractivity contribution < 1.29 is 48.0 Å². The van der Waals surface area contributed by atoms with Crippen molar-refractivity contribution >= 4 is 54.2 Å². The van der Waals surface area contributed by atoms with Gasteiger partial charge in [0, 0.05) is 26.1 Å². The van der Waals surface area contributed by atoms with Gasteiger partial charge in [-0.2, -0.15) is 0 Å². The minimum absolute atomic E-state index is 0.0856. The van der Waals surface area contributed by atoms with Crippen LogP contribution in [0.3, 0.4) is 0 Å². The van der Waals surface area contributed by atoms with Gasteiger partial charge in [0.25, 0.3) is 0 Å². The Balaban J connectivity index is 3.47. The zero-order valence-electron chi connectivity index (χ0n) is 23.5. The second-order valence-corrected chi connectivity index (χ2v) is 9.31. The van der Waals surface area contributed by atoms with E-state index in [-0.39, 0.29) is 95.1 Å². The molecule has 238 valence electrons. The van der Waals surface area contributed by atoms with E-state index < -0.39 is 18.1 Å². The molecule has 41 heavy (non-hydrogen) atoms. The van der Waals surface area contributed by atoms with E-state index in [0.29, 0.717) is 25.9 Å². The molecule has 0 rings (SSSR count). The van der Waals surface area contributed by atoms with Gasteiger partial charge in [-0.25, -0.2) is 0 Å². The number of carboxylic acids is 1. The molecule has 0 aromatic rings. The summed E-state index contributed by atoms with van der Waals surface area (Å²) < 4.78 is 23.7.